The van der Waals surface area contributed by atoms with E-state index in [1.807, 2.05) is 38.2 Å². The number of likely N-dealkylation sites (tertiary alicyclic amines) is 1. The van der Waals surface area contributed by atoms with E-state index in [2.05, 4.69) is 53.2 Å². The predicted molar refractivity (Wildman–Crippen MR) is 258 cm³/mol. The average molecular weight is 965 g/mol. The van der Waals surface area contributed by atoms with Crippen LogP contribution in [0.1, 0.15) is 70.6 Å². The van der Waals surface area contributed by atoms with Crippen LogP contribution >= 0.6 is 0 Å². The fourth-order valence-corrected chi connectivity index (χ4v) is 10.5. The van der Waals surface area contributed by atoms with Gasteiger partial charge in [0.2, 0.25) is 16.7 Å². The zero-order valence-corrected chi connectivity index (χ0v) is 41.4. The molecule has 4 aliphatic rings. The number of nitrogens with zero attached hydrogens (tertiary/aromatic N) is 7. The predicted octanol–water partition coefficient (Wildman–Crippen LogP) is 4.80. The molecule has 0 aliphatic carbocycles. The molecular weight excluding hydrogens is 899 g/mol. The van der Waals surface area contributed by atoms with E-state index in [4.69, 9.17) is 14.3 Å². The third-order valence-corrected chi connectivity index (χ3v) is 14.0. The lowest BCUT2D eigenvalue weighted by Gasteiger charge is -2.35. The van der Waals surface area contributed by atoms with Crippen molar-refractivity contribution >= 4 is 40.6 Å². The number of nitrogens with one attached hydrogen (secondary N) is 2. The zero-order valence-electron chi connectivity index (χ0n) is 41.4. The van der Waals surface area contributed by atoms with Crippen molar-refractivity contribution < 1.29 is 48.3 Å². The molecule has 5 atom stereocenters. The van der Waals surface area contributed by atoms with E-state index in [1.165, 1.54) is 21.9 Å². The second kappa shape index (κ2) is 20.4. The van der Waals surface area contributed by atoms with Crippen LogP contribution in [0, 0.1) is 22.2 Å². The number of rotatable bonds is 10. The number of ether oxygens (including phenoxy) is 2. The van der Waals surface area contributed by atoms with Crippen molar-refractivity contribution in [3.8, 4) is 28.1 Å². The number of likely N-dealkylation sites (N-methyl/N-ethyl adjacent to an activating group) is 1. The van der Waals surface area contributed by atoms with Crippen molar-refractivity contribution in [2.24, 2.45) is 17.3 Å². The normalized spacial score (nSPS) is 21.8. The Bertz CT molecular complexity index is 2680. The number of hydrogen-bond donors (Lipinski definition) is 3. The molecule has 0 spiro atoms. The number of urea groups is 1. The summed E-state index contributed by atoms with van der Waals surface area (Å²) in [6, 6.07) is 10.1. The van der Waals surface area contributed by atoms with Crippen molar-refractivity contribution in [1.82, 2.24) is 40.0 Å². The van der Waals surface area contributed by atoms with Gasteiger partial charge < -0.3 is 39.2 Å². The summed E-state index contributed by atoms with van der Waals surface area (Å²) in [5, 5.41) is 16.7. The first-order valence-electron chi connectivity index (χ1n) is 24.2. The van der Waals surface area contributed by atoms with Gasteiger partial charge >= 0.3 is 18.2 Å². The number of methoxy groups -OCH3 is 2. The van der Waals surface area contributed by atoms with Gasteiger partial charge in [0.1, 0.15) is 23.9 Å². The maximum Gasteiger partial charge on any atom is 0.330 e. The summed E-state index contributed by atoms with van der Waals surface area (Å²) in [7, 11) is 4.49. The summed E-state index contributed by atoms with van der Waals surface area (Å²) in [6.45, 7) is 11.8. The Morgan fingerprint density at radius 2 is 1.84 bits per heavy atom. The number of phenols is 1. The van der Waals surface area contributed by atoms with Crippen molar-refractivity contribution in [2.75, 3.05) is 54.1 Å². The first-order valence-corrected chi connectivity index (χ1v) is 24.2. The molecule has 3 fully saturated rings. The van der Waals surface area contributed by atoms with E-state index in [9.17, 15) is 34.0 Å². The van der Waals surface area contributed by atoms with E-state index < -0.39 is 59.3 Å². The quantitative estimate of drug-likeness (QED) is 0.145. The van der Waals surface area contributed by atoms with Crippen LogP contribution in [0.5, 0.6) is 5.75 Å². The van der Waals surface area contributed by atoms with Crippen LogP contribution in [0.25, 0.3) is 33.3 Å². The number of hydrazine groups is 1. The van der Waals surface area contributed by atoms with Gasteiger partial charge in [-0.3, -0.25) is 24.4 Å². The molecule has 374 valence electrons. The maximum absolute atomic E-state index is 14.8. The van der Waals surface area contributed by atoms with Gasteiger partial charge in [-0.2, -0.15) is 5.43 Å². The van der Waals surface area contributed by atoms with Gasteiger partial charge in [-0.1, -0.05) is 39.8 Å². The lowest BCUT2D eigenvalue weighted by atomic mass is 9.84. The van der Waals surface area contributed by atoms with Gasteiger partial charge in [-0.25, -0.2) is 14.4 Å². The fourth-order valence-electron chi connectivity index (χ4n) is 10.5. The number of aromatic nitrogens is 2. The molecule has 6 bridgehead atoms. The molecule has 4 aliphatic heterocycles. The lowest BCUT2D eigenvalue weighted by molar-refractivity contribution is -0.835. The van der Waals surface area contributed by atoms with Crippen molar-refractivity contribution in [1.29, 1.82) is 0 Å². The first kappa shape index (κ1) is 49.8. The molecule has 6 heterocycles. The number of esters is 1. The summed E-state index contributed by atoms with van der Waals surface area (Å²) in [5.74, 6) is -2.91. The average Bonchev–Trinajstić information content (AvgIpc) is 3.89. The van der Waals surface area contributed by atoms with E-state index in [1.54, 1.807) is 37.4 Å². The van der Waals surface area contributed by atoms with Crippen LogP contribution in [0.15, 0.2) is 54.9 Å². The highest BCUT2D eigenvalue weighted by Crippen LogP contribution is 2.41. The Labute approximate surface area is 407 Å². The molecule has 70 heavy (non-hydrogen) atoms. The molecule has 19 nitrogen and oxygen atoms in total. The molecule has 19 heteroatoms. The van der Waals surface area contributed by atoms with Gasteiger partial charge in [-0.15, -0.1) is 0 Å². The van der Waals surface area contributed by atoms with Crippen molar-refractivity contribution in [2.45, 2.75) is 104 Å². The van der Waals surface area contributed by atoms with Crippen LogP contribution in [0.2, 0.25) is 0 Å². The second-order valence-electron chi connectivity index (χ2n) is 20.1. The molecular formula is C51H66N9O10+. The third kappa shape index (κ3) is 10.2. The van der Waals surface area contributed by atoms with Crippen molar-refractivity contribution in [3.63, 3.8) is 0 Å². The fraction of sp³-hybridized carbons (Fsp3) is 0.529. The van der Waals surface area contributed by atoms with Crippen LogP contribution in [-0.2, 0) is 59.5 Å². The molecule has 2 aromatic carbocycles. The smallest absolute Gasteiger partial charge is 0.330 e. The van der Waals surface area contributed by atoms with E-state index in [0.29, 0.717) is 61.4 Å². The molecule has 0 unspecified atom stereocenters. The third-order valence-electron chi connectivity index (χ3n) is 14.0. The van der Waals surface area contributed by atoms with E-state index >= 15 is 0 Å². The second-order valence-corrected chi connectivity index (χ2v) is 20.1. The number of fused-ring (bicyclic) bond motifs is 6. The number of hydrogen-bond acceptors (Lipinski definition) is 12. The summed E-state index contributed by atoms with van der Waals surface area (Å²) in [6.07, 6.45) is 4.41. The number of phenolic OH excluding ortho intramolecular Hbond substituents is 1. The van der Waals surface area contributed by atoms with Crippen molar-refractivity contribution in [3.05, 3.63) is 76.5 Å². The lowest BCUT2D eigenvalue weighted by Crippen LogP contribution is -2.62. The number of carbonyl (C=O) groups excluding carboxylic acids is 5. The Balaban J connectivity index is 1.13. The molecule has 0 saturated carbocycles. The minimum atomic E-state index is -1.21. The highest BCUT2D eigenvalue weighted by atomic mass is 16.8. The SMILES string of the molecule is CCn1c(-c2cnccc2COC)c2c3cc(ccc31)-c1cc(O)cc(c1)C[C@H](NC(=O)[C@H](C(C)C)N(C)C(=O)[C@H]1CCN(C(=O)N3C[C@@H]3C(=O)OC)C1)C(=O)N1CCC[C@H](N1)[N+](=O)OCC(C)(C)C2. The van der Waals surface area contributed by atoms with Crippen LogP contribution in [0.4, 0.5) is 4.79 Å². The number of carbonyl (C=O) groups is 5. The Hall–Kier alpha value is -6.60. The summed E-state index contributed by atoms with van der Waals surface area (Å²) < 4.78 is 12.7. The maximum atomic E-state index is 14.8. The Morgan fingerprint density at radius 1 is 1.06 bits per heavy atom. The summed E-state index contributed by atoms with van der Waals surface area (Å²) in [4.78, 5) is 98.0. The molecule has 8 rings (SSSR count). The van der Waals surface area contributed by atoms with Gasteiger partial charge in [0.05, 0.1) is 36.8 Å². The van der Waals surface area contributed by atoms with E-state index in [-0.39, 0.29) is 50.3 Å². The van der Waals surface area contributed by atoms with Crippen LogP contribution in [0.3, 0.4) is 0 Å². The van der Waals surface area contributed by atoms with Gasteiger partial charge in [0.15, 0.2) is 6.61 Å². The molecule has 0 radical (unpaired) electrons. The topological polar surface area (TPSA) is 208 Å². The summed E-state index contributed by atoms with van der Waals surface area (Å²) in [5.41, 5.74) is 9.51. The van der Waals surface area contributed by atoms with E-state index in [0.717, 1.165) is 38.9 Å². The van der Waals surface area contributed by atoms with Gasteiger partial charge in [0.25, 0.3) is 5.91 Å². The van der Waals surface area contributed by atoms with Crippen LogP contribution < -0.4 is 10.7 Å². The molecule has 3 N–H and O–H groups in total. The summed E-state index contributed by atoms with van der Waals surface area (Å²) >= 11 is 0. The zero-order chi connectivity index (χ0) is 50.2. The van der Waals surface area contributed by atoms with Crippen LogP contribution in [-0.4, -0.2) is 147 Å². The van der Waals surface area contributed by atoms with Gasteiger partial charge in [-0.05, 0) is 90.3 Å². The number of benzene rings is 2. The van der Waals surface area contributed by atoms with Gasteiger partial charge in [0, 0.05) is 87.5 Å². The Morgan fingerprint density at radius 3 is 2.57 bits per heavy atom. The standard InChI is InChI=1S/C51H65N9O10/c1-9-57-41-13-12-32-23-37(41)38(45(57)39-25-52-16-14-34(39)28-68-7)24-51(4,5)29-70-60(67)43-11-10-17-59(54-43)48(64)40(21-31-19-35(32)22-36(61)20-31)53-46(62)44(30(2)3)55(6)47(63)33-15-18-56(26-33)50(66)58-27-42(58)49(65)69-8/h12-14,16,19-20,22-23,25,30,33,40,42-44,54H,9-11,15,17-18,21,24,26-29H2,1-8H3,(H-,53,61,62)/p+1/t33-,40-,42+,43+,44-,58?/m0/s1. The molecule has 3 saturated heterocycles. The minimum absolute atomic E-state index is 0.0312. The molecule has 5 amide bonds. The molecule has 4 aromatic rings. The highest BCUT2D eigenvalue weighted by Gasteiger charge is 2.49. The largest absolute Gasteiger partial charge is 0.508 e. The first-order chi connectivity index (χ1) is 33.4. The highest BCUT2D eigenvalue weighted by molar-refractivity contribution is 5.96. The number of pyridine rings is 1. The number of aryl methyl sites for hydroxylation is 1. The monoisotopic (exact) mass is 964 g/mol. The number of amides is 5. The number of aromatic hydroxyl groups is 1. The molecule has 2 aromatic heterocycles. The Kier molecular flexibility index (Phi) is 14.5. The minimum Gasteiger partial charge on any atom is -0.508 e.